The van der Waals surface area contributed by atoms with Crippen LogP contribution in [0.25, 0.3) is 0 Å². The number of aliphatic hydroxyl groups excluding tert-OH is 1. The zero-order valence-electron chi connectivity index (χ0n) is 12.7. The van der Waals surface area contributed by atoms with E-state index in [2.05, 4.69) is 33.0 Å². The molecule has 0 spiro atoms. The molecule has 0 saturated carbocycles. The first-order valence-corrected chi connectivity index (χ1v) is 7.56. The number of ether oxygens (including phenoxy) is 1. The summed E-state index contributed by atoms with van der Waals surface area (Å²) < 4.78 is 5.62. The minimum atomic E-state index is -0.384. The van der Waals surface area contributed by atoms with E-state index in [-0.39, 0.29) is 12.2 Å². The van der Waals surface area contributed by atoms with Gasteiger partial charge in [-0.1, -0.05) is 40.0 Å². The zero-order valence-corrected chi connectivity index (χ0v) is 12.7. The van der Waals surface area contributed by atoms with Crippen LogP contribution >= 0.6 is 0 Å². The van der Waals surface area contributed by atoms with Crippen molar-refractivity contribution in [3.63, 3.8) is 0 Å². The monoisotopic (exact) mass is 259 g/mol. The van der Waals surface area contributed by atoms with Gasteiger partial charge in [0.15, 0.2) is 0 Å². The van der Waals surface area contributed by atoms with Crippen molar-refractivity contribution in [3.05, 3.63) is 0 Å². The Balaban J connectivity index is 3.34. The van der Waals surface area contributed by atoms with Gasteiger partial charge in [0.2, 0.25) is 0 Å². The first-order chi connectivity index (χ1) is 8.56. The summed E-state index contributed by atoms with van der Waals surface area (Å²) in [4.78, 5) is 0. The molecule has 3 nitrogen and oxygen atoms in total. The molecule has 0 rings (SSSR count). The van der Waals surface area contributed by atoms with Gasteiger partial charge in [0.1, 0.15) is 0 Å². The quantitative estimate of drug-likeness (QED) is 0.529. The Morgan fingerprint density at radius 3 is 2.44 bits per heavy atom. The number of unbranched alkanes of at least 4 members (excludes halogenated alkanes) is 3. The average Bonchev–Trinajstić information content (AvgIpc) is 2.30. The minimum Gasteiger partial charge on any atom is -0.389 e. The van der Waals surface area contributed by atoms with Crippen LogP contribution in [0.15, 0.2) is 0 Å². The lowest BCUT2D eigenvalue weighted by atomic mass is 10.1. The van der Waals surface area contributed by atoms with Crippen LogP contribution in [0.2, 0.25) is 0 Å². The van der Waals surface area contributed by atoms with E-state index in [0.717, 1.165) is 13.0 Å². The van der Waals surface area contributed by atoms with Gasteiger partial charge in [0.05, 0.1) is 18.8 Å². The summed E-state index contributed by atoms with van der Waals surface area (Å²) in [6.07, 6.45) is 5.96. The van der Waals surface area contributed by atoms with Crippen molar-refractivity contribution in [1.29, 1.82) is 0 Å². The molecule has 0 aliphatic carbocycles. The first kappa shape index (κ1) is 17.9. The van der Waals surface area contributed by atoms with Gasteiger partial charge in [-0.15, -0.1) is 0 Å². The van der Waals surface area contributed by atoms with Crippen molar-refractivity contribution in [1.82, 2.24) is 5.32 Å². The van der Waals surface area contributed by atoms with Crippen molar-refractivity contribution >= 4 is 0 Å². The van der Waals surface area contributed by atoms with Crippen molar-refractivity contribution in [2.75, 3.05) is 19.7 Å². The molecule has 0 aromatic rings. The second-order valence-electron chi connectivity index (χ2n) is 5.69. The number of nitrogens with one attached hydrogen (secondary N) is 1. The summed E-state index contributed by atoms with van der Waals surface area (Å²) in [6.45, 7) is 10.7. The maximum absolute atomic E-state index is 9.75. The van der Waals surface area contributed by atoms with Crippen LogP contribution in [0, 0.1) is 5.92 Å². The number of rotatable bonds is 12. The molecular weight excluding hydrogens is 226 g/mol. The highest BCUT2D eigenvalue weighted by atomic mass is 16.5. The van der Waals surface area contributed by atoms with E-state index in [1.54, 1.807) is 0 Å². The fourth-order valence-electron chi connectivity index (χ4n) is 2.01. The lowest BCUT2D eigenvalue weighted by Crippen LogP contribution is -2.32. The molecule has 0 fully saturated rings. The third kappa shape index (κ3) is 12.3. The van der Waals surface area contributed by atoms with E-state index < -0.39 is 0 Å². The molecule has 0 amide bonds. The number of hydrogen-bond donors (Lipinski definition) is 2. The van der Waals surface area contributed by atoms with Crippen molar-refractivity contribution in [2.24, 2.45) is 5.92 Å². The van der Waals surface area contributed by atoms with E-state index in [0.29, 0.717) is 19.1 Å². The highest BCUT2D eigenvalue weighted by molar-refractivity contribution is 4.61. The van der Waals surface area contributed by atoms with Gasteiger partial charge in [-0.25, -0.2) is 0 Å². The van der Waals surface area contributed by atoms with Crippen LogP contribution in [0.4, 0.5) is 0 Å². The zero-order chi connectivity index (χ0) is 13.8. The molecule has 110 valence electrons. The van der Waals surface area contributed by atoms with Crippen molar-refractivity contribution in [3.8, 4) is 0 Å². The second kappa shape index (κ2) is 11.9. The summed E-state index contributed by atoms with van der Waals surface area (Å²) in [6, 6.07) is 0. The third-order valence-corrected chi connectivity index (χ3v) is 2.96. The van der Waals surface area contributed by atoms with E-state index in [1.807, 2.05) is 0 Å². The van der Waals surface area contributed by atoms with Gasteiger partial charge in [-0.3, -0.25) is 0 Å². The third-order valence-electron chi connectivity index (χ3n) is 2.96. The maximum atomic E-state index is 9.75. The van der Waals surface area contributed by atoms with Gasteiger partial charge >= 0.3 is 0 Å². The molecule has 3 heteroatoms. The van der Waals surface area contributed by atoms with Crippen LogP contribution in [-0.4, -0.2) is 37.0 Å². The summed E-state index contributed by atoms with van der Waals surface area (Å²) >= 11 is 0. The largest absolute Gasteiger partial charge is 0.389 e. The van der Waals surface area contributed by atoms with E-state index in [4.69, 9.17) is 4.74 Å². The summed E-state index contributed by atoms with van der Waals surface area (Å²) in [5, 5.41) is 13.0. The van der Waals surface area contributed by atoms with Crippen molar-refractivity contribution in [2.45, 2.75) is 72.0 Å². The van der Waals surface area contributed by atoms with Crippen LogP contribution in [-0.2, 0) is 4.74 Å². The lowest BCUT2D eigenvalue weighted by Gasteiger charge is -2.18. The van der Waals surface area contributed by atoms with Gasteiger partial charge in [-0.2, -0.15) is 0 Å². The van der Waals surface area contributed by atoms with Crippen molar-refractivity contribution < 1.29 is 9.84 Å². The Bertz CT molecular complexity index is 174. The topological polar surface area (TPSA) is 41.5 Å². The molecule has 0 radical (unpaired) electrons. The highest BCUT2D eigenvalue weighted by Gasteiger charge is 2.09. The molecule has 0 saturated heterocycles. The van der Waals surface area contributed by atoms with Crippen LogP contribution < -0.4 is 5.32 Å². The van der Waals surface area contributed by atoms with Gasteiger partial charge < -0.3 is 15.2 Å². The van der Waals surface area contributed by atoms with Gasteiger partial charge in [-0.05, 0) is 32.2 Å². The molecule has 0 aliphatic heterocycles. The predicted octanol–water partition coefficient (Wildman–Crippen LogP) is 2.97. The average molecular weight is 259 g/mol. The van der Waals surface area contributed by atoms with E-state index >= 15 is 0 Å². The molecule has 2 N–H and O–H groups in total. The Labute approximate surface area is 113 Å². The molecule has 18 heavy (non-hydrogen) atoms. The highest BCUT2D eigenvalue weighted by Crippen LogP contribution is 2.07. The molecule has 2 atom stereocenters. The standard InChI is InChI=1S/C15H33NO2/c1-5-6-7-8-9-16-11-15(17)12-18-14(4)10-13(2)3/h13-17H,5-12H2,1-4H3/t14-,15+/m0/s1. The second-order valence-corrected chi connectivity index (χ2v) is 5.69. The predicted molar refractivity (Wildman–Crippen MR) is 77.9 cm³/mol. The number of aliphatic hydroxyl groups is 1. The Morgan fingerprint density at radius 1 is 1.11 bits per heavy atom. The summed E-state index contributed by atoms with van der Waals surface area (Å²) in [5.41, 5.74) is 0. The molecule has 0 unspecified atom stereocenters. The SMILES string of the molecule is CCCCCCNC[C@@H](O)CO[C@@H](C)CC(C)C. The molecule has 0 heterocycles. The van der Waals surface area contributed by atoms with Crippen LogP contribution in [0.5, 0.6) is 0 Å². The molecular formula is C15H33NO2. The molecule has 0 aliphatic rings. The summed E-state index contributed by atoms with van der Waals surface area (Å²) in [5.74, 6) is 0.647. The maximum Gasteiger partial charge on any atom is 0.0897 e. The molecule has 0 bridgehead atoms. The van der Waals surface area contributed by atoms with Gasteiger partial charge in [0, 0.05) is 6.54 Å². The van der Waals surface area contributed by atoms with Gasteiger partial charge in [0.25, 0.3) is 0 Å². The molecule has 0 aromatic carbocycles. The normalized spacial score (nSPS) is 15.0. The van der Waals surface area contributed by atoms with E-state index in [1.165, 1.54) is 25.7 Å². The molecule has 0 aromatic heterocycles. The fraction of sp³-hybridized carbons (Fsp3) is 1.00. The minimum absolute atomic E-state index is 0.240. The van der Waals surface area contributed by atoms with E-state index in [9.17, 15) is 5.11 Å². The van der Waals surface area contributed by atoms with Crippen LogP contribution in [0.3, 0.4) is 0 Å². The lowest BCUT2D eigenvalue weighted by molar-refractivity contribution is -0.00843. The summed E-state index contributed by atoms with van der Waals surface area (Å²) in [7, 11) is 0. The Hall–Kier alpha value is -0.120. The Morgan fingerprint density at radius 2 is 1.83 bits per heavy atom. The smallest absolute Gasteiger partial charge is 0.0897 e. The number of hydrogen-bond acceptors (Lipinski definition) is 3. The fourth-order valence-corrected chi connectivity index (χ4v) is 2.01. The Kier molecular flexibility index (Phi) is 11.9. The first-order valence-electron chi connectivity index (χ1n) is 7.56. The van der Waals surface area contributed by atoms with Crippen LogP contribution in [0.1, 0.15) is 59.8 Å².